The molecule has 1 fully saturated rings. The van der Waals surface area contributed by atoms with Gasteiger partial charge in [-0.05, 0) is 38.0 Å². The van der Waals surface area contributed by atoms with Crippen LogP contribution in [0.25, 0.3) is 0 Å². The van der Waals surface area contributed by atoms with Crippen LogP contribution in [0, 0.1) is 11.8 Å². The molecule has 2 nitrogen and oxygen atoms in total. The van der Waals surface area contributed by atoms with E-state index in [4.69, 9.17) is 5.11 Å². The molecule has 0 aromatic rings. The third-order valence-electron chi connectivity index (χ3n) is 3.55. The second-order valence-corrected chi connectivity index (χ2v) is 5.52. The van der Waals surface area contributed by atoms with Crippen molar-refractivity contribution < 1.29 is 5.11 Å². The van der Waals surface area contributed by atoms with Gasteiger partial charge in [-0.2, -0.15) is 0 Å². The van der Waals surface area contributed by atoms with E-state index in [1.165, 1.54) is 32.1 Å². The summed E-state index contributed by atoms with van der Waals surface area (Å²) in [6, 6.07) is 0.917. The van der Waals surface area contributed by atoms with Crippen LogP contribution in [0.1, 0.15) is 52.9 Å². The first-order valence-corrected chi connectivity index (χ1v) is 6.50. The van der Waals surface area contributed by atoms with Gasteiger partial charge in [0.1, 0.15) is 0 Å². The monoisotopic (exact) mass is 213 g/mol. The summed E-state index contributed by atoms with van der Waals surface area (Å²) in [5, 5.41) is 12.6. The van der Waals surface area contributed by atoms with Gasteiger partial charge in [-0.15, -0.1) is 0 Å². The molecule has 0 radical (unpaired) electrons. The van der Waals surface area contributed by atoms with E-state index in [-0.39, 0.29) is 12.6 Å². The van der Waals surface area contributed by atoms with Crippen molar-refractivity contribution >= 4 is 0 Å². The fourth-order valence-electron chi connectivity index (χ4n) is 2.57. The zero-order valence-corrected chi connectivity index (χ0v) is 10.5. The summed E-state index contributed by atoms with van der Waals surface area (Å²) in [7, 11) is 0. The largest absolute Gasteiger partial charge is 0.395 e. The zero-order chi connectivity index (χ0) is 11.3. The third-order valence-corrected chi connectivity index (χ3v) is 3.55. The van der Waals surface area contributed by atoms with Gasteiger partial charge in [0, 0.05) is 12.1 Å². The first-order valence-electron chi connectivity index (χ1n) is 6.50. The molecule has 0 aromatic heterocycles. The van der Waals surface area contributed by atoms with E-state index in [9.17, 15) is 0 Å². The maximum absolute atomic E-state index is 9.04. The minimum absolute atomic E-state index is 0.257. The van der Waals surface area contributed by atoms with Crippen molar-refractivity contribution in [2.75, 3.05) is 6.61 Å². The standard InChI is InChI=1S/C13H27NO/c1-10(2)7-8-12-5-4-6-13(12)14-11(3)9-15/h10-15H,4-9H2,1-3H3/t11-,12?,13?/m0/s1. The van der Waals surface area contributed by atoms with Crippen molar-refractivity contribution in [3.05, 3.63) is 0 Å². The van der Waals surface area contributed by atoms with Crippen LogP contribution in [0.15, 0.2) is 0 Å². The molecule has 1 saturated carbocycles. The first kappa shape index (κ1) is 13.0. The topological polar surface area (TPSA) is 32.3 Å². The molecule has 0 bridgehead atoms. The van der Waals surface area contributed by atoms with Crippen LogP contribution >= 0.6 is 0 Å². The molecule has 2 heteroatoms. The highest BCUT2D eigenvalue weighted by Crippen LogP contribution is 2.30. The highest BCUT2D eigenvalue weighted by molar-refractivity contribution is 4.84. The van der Waals surface area contributed by atoms with Gasteiger partial charge in [-0.1, -0.05) is 26.7 Å². The van der Waals surface area contributed by atoms with Crippen LogP contribution in [-0.2, 0) is 0 Å². The molecule has 2 N–H and O–H groups in total. The second-order valence-electron chi connectivity index (χ2n) is 5.52. The van der Waals surface area contributed by atoms with E-state index in [1.807, 2.05) is 0 Å². The predicted octanol–water partition coefficient (Wildman–Crippen LogP) is 2.56. The summed E-state index contributed by atoms with van der Waals surface area (Å²) in [5.74, 6) is 1.67. The lowest BCUT2D eigenvalue weighted by Gasteiger charge is -2.24. The Bertz CT molecular complexity index is 170. The molecule has 2 unspecified atom stereocenters. The Morgan fingerprint density at radius 1 is 1.27 bits per heavy atom. The lowest BCUT2D eigenvalue weighted by Crippen LogP contribution is -2.40. The molecule has 1 aliphatic rings. The van der Waals surface area contributed by atoms with Crippen LogP contribution in [0.4, 0.5) is 0 Å². The molecule has 0 amide bonds. The Balaban J connectivity index is 2.29. The van der Waals surface area contributed by atoms with Crippen LogP contribution < -0.4 is 5.32 Å². The number of nitrogens with one attached hydrogen (secondary N) is 1. The quantitative estimate of drug-likeness (QED) is 0.711. The van der Waals surface area contributed by atoms with Crippen molar-refractivity contribution in [1.82, 2.24) is 5.32 Å². The average molecular weight is 213 g/mol. The van der Waals surface area contributed by atoms with Gasteiger partial charge in [0.25, 0.3) is 0 Å². The van der Waals surface area contributed by atoms with Crippen molar-refractivity contribution in [2.45, 2.75) is 65.0 Å². The van der Waals surface area contributed by atoms with Crippen LogP contribution in [0.3, 0.4) is 0 Å². The van der Waals surface area contributed by atoms with Gasteiger partial charge in [0.15, 0.2) is 0 Å². The lowest BCUT2D eigenvalue weighted by atomic mass is 9.93. The maximum atomic E-state index is 9.04. The molecular weight excluding hydrogens is 186 g/mol. The van der Waals surface area contributed by atoms with Gasteiger partial charge < -0.3 is 10.4 Å². The summed E-state index contributed by atoms with van der Waals surface area (Å²) in [5.41, 5.74) is 0. The fourth-order valence-corrected chi connectivity index (χ4v) is 2.57. The molecule has 90 valence electrons. The molecule has 0 aliphatic heterocycles. The minimum atomic E-state index is 0.257. The number of hydrogen-bond donors (Lipinski definition) is 2. The first-order chi connectivity index (χ1) is 7.13. The van der Waals surface area contributed by atoms with E-state index < -0.39 is 0 Å². The van der Waals surface area contributed by atoms with E-state index in [2.05, 4.69) is 26.1 Å². The Kier molecular flexibility index (Phi) is 5.62. The molecule has 1 aliphatic carbocycles. The summed E-state index contributed by atoms with van der Waals surface area (Å²) in [4.78, 5) is 0. The molecule has 15 heavy (non-hydrogen) atoms. The molecular formula is C13H27NO. The molecule has 0 saturated heterocycles. The molecule has 0 aromatic carbocycles. The molecule has 0 heterocycles. The highest BCUT2D eigenvalue weighted by atomic mass is 16.3. The number of aliphatic hydroxyl groups is 1. The highest BCUT2D eigenvalue weighted by Gasteiger charge is 2.27. The molecule has 0 spiro atoms. The van der Waals surface area contributed by atoms with Gasteiger partial charge in [0.2, 0.25) is 0 Å². The number of aliphatic hydroxyl groups excluding tert-OH is 1. The Morgan fingerprint density at radius 2 is 2.00 bits per heavy atom. The van der Waals surface area contributed by atoms with E-state index in [1.54, 1.807) is 0 Å². The van der Waals surface area contributed by atoms with Crippen LogP contribution in [0.2, 0.25) is 0 Å². The maximum Gasteiger partial charge on any atom is 0.0582 e. The van der Waals surface area contributed by atoms with Crippen LogP contribution in [0.5, 0.6) is 0 Å². The fraction of sp³-hybridized carbons (Fsp3) is 1.00. The van der Waals surface area contributed by atoms with Crippen molar-refractivity contribution in [2.24, 2.45) is 11.8 Å². The molecule has 3 atom stereocenters. The van der Waals surface area contributed by atoms with Gasteiger partial charge >= 0.3 is 0 Å². The average Bonchev–Trinajstić information content (AvgIpc) is 2.62. The SMILES string of the molecule is CC(C)CCC1CCCC1N[C@@H](C)CO. The Morgan fingerprint density at radius 3 is 2.60 bits per heavy atom. The normalized spacial score (nSPS) is 28.6. The summed E-state index contributed by atoms with van der Waals surface area (Å²) >= 11 is 0. The Labute approximate surface area is 94.5 Å². The van der Waals surface area contributed by atoms with E-state index in [0.29, 0.717) is 6.04 Å². The van der Waals surface area contributed by atoms with Gasteiger partial charge in [-0.3, -0.25) is 0 Å². The van der Waals surface area contributed by atoms with Gasteiger partial charge in [-0.25, -0.2) is 0 Å². The van der Waals surface area contributed by atoms with Crippen molar-refractivity contribution in [1.29, 1.82) is 0 Å². The second kappa shape index (κ2) is 6.49. The predicted molar refractivity (Wildman–Crippen MR) is 64.9 cm³/mol. The van der Waals surface area contributed by atoms with E-state index >= 15 is 0 Å². The Hall–Kier alpha value is -0.0800. The third kappa shape index (κ3) is 4.52. The van der Waals surface area contributed by atoms with Crippen molar-refractivity contribution in [3.63, 3.8) is 0 Å². The van der Waals surface area contributed by atoms with Gasteiger partial charge in [0.05, 0.1) is 6.61 Å². The summed E-state index contributed by atoms with van der Waals surface area (Å²) < 4.78 is 0. The molecule has 1 rings (SSSR count). The van der Waals surface area contributed by atoms with Crippen molar-refractivity contribution in [3.8, 4) is 0 Å². The lowest BCUT2D eigenvalue weighted by molar-refractivity contribution is 0.226. The zero-order valence-electron chi connectivity index (χ0n) is 10.5. The minimum Gasteiger partial charge on any atom is -0.395 e. The van der Waals surface area contributed by atoms with E-state index in [0.717, 1.165) is 11.8 Å². The summed E-state index contributed by atoms with van der Waals surface area (Å²) in [6.45, 7) is 6.92. The van der Waals surface area contributed by atoms with Crippen LogP contribution in [-0.4, -0.2) is 23.8 Å². The summed E-state index contributed by atoms with van der Waals surface area (Å²) in [6.07, 6.45) is 6.73. The number of hydrogen-bond acceptors (Lipinski definition) is 2. The number of rotatable bonds is 6. The smallest absolute Gasteiger partial charge is 0.0582 e.